The zero-order valence-electron chi connectivity index (χ0n) is 9.15. The van der Waals surface area contributed by atoms with Crippen molar-refractivity contribution in [2.75, 3.05) is 0 Å². The van der Waals surface area contributed by atoms with Gasteiger partial charge in [0.1, 0.15) is 5.54 Å². The third kappa shape index (κ3) is 2.33. The summed E-state index contributed by atoms with van der Waals surface area (Å²) in [6.07, 6.45) is -13.3. The van der Waals surface area contributed by atoms with E-state index in [4.69, 9.17) is 5.11 Å². The molecular formula is C8H7F6NO4. The van der Waals surface area contributed by atoms with Crippen LogP contribution in [-0.4, -0.2) is 40.7 Å². The number of carbonyl (C=O) groups excluding carboxylic acids is 1. The number of ether oxygens (including phenoxy) is 1. The van der Waals surface area contributed by atoms with Crippen molar-refractivity contribution in [3.63, 3.8) is 0 Å². The number of esters is 1. The first-order valence-corrected chi connectivity index (χ1v) is 4.63. The topological polar surface area (TPSA) is 75.6 Å². The Morgan fingerprint density at radius 1 is 1.26 bits per heavy atom. The number of halogens is 6. The van der Waals surface area contributed by atoms with Crippen molar-refractivity contribution in [1.82, 2.24) is 5.32 Å². The highest BCUT2D eigenvalue weighted by Gasteiger charge is 2.80. The van der Waals surface area contributed by atoms with Crippen LogP contribution in [0.1, 0.15) is 13.3 Å². The lowest BCUT2D eigenvalue weighted by Gasteiger charge is -2.32. The van der Waals surface area contributed by atoms with E-state index in [-0.39, 0.29) is 0 Å². The number of carbonyl (C=O) groups is 2. The quantitative estimate of drug-likeness (QED) is 0.591. The Hall–Kier alpha value is -1.52. The molecule has 0 spiro atoms. The van der Waals surface area contributed by atoms with Crippen molar-refractivity contribution < 1.29 is 45.8 Å². The van der Waals surface area contributed by atoms with Crippen LogP contribution in [-0.2, 0) is 14.3 Å². The van der Waals surface area contributed by atoms with Gasteiger partial charge in [-0.2, -0.15) is 26.3 Å². The third-order valence-corrected chi connectivity index (χ3v) is 2.45. The van der Waals surface area contributed by atoms with Crippen LogP contribution in [0.15, 0.2) is 0 Å². The fraction of sp³-hybridized carbons (Fsp3) is 0.750. The number of aliphatic carboxylic acids is 1. The number of carboxylic acid groups (broad SMARTS) is 1. The number of alkyl halides is 6. The van der Waals surface area contributed by atoms with Crippen molar-refractivity contribution in [2.45, 2.75) is 37.0 Å². The first-order valence-electron chi connectivity index (χ1n) is 4.63. The Bertz CT molecular complexity index is 402. The first-order chi connectivity index (χ1) is 8.25. The minimum Gasteiger partial charge on any atom is -0.481 e. The molecule has 1 saturated heterocycles. The maximum Gasteiger partial charge on any atom is 0.452 e. The molecule has 0 aromatic carbocycles. The molecule has 0 aromatic heterocycles. The molecule has 0 radical (unpaired) electrons. The van der Waals surface area contributed by atoms with Crippen molar-refractivity contribution in [3.8, 4) is 0 Å². The van der Waals surface area contributed by atoms with Gasteiger partial charge in [0.05, 0.1) is 6.42 Å². The molecule has 0 saturated carbocycles. The highest BCUT2D eigenvalue weighted by Crippen LogP contribution is 2.48. The summed E-state index contributed by atoms with van der Waals surface area (Å²) in [7, 11) is 0. The molecule has 5 nitrogen and oxygen atoms in total. The standard InChI is InChI=1S/C8H7F6NO4/c1-5(2-3(16)17)4(18)19-6(15-5,7(9,10)11)8(12,13)14/h15H,2H2,1H3,(H,16,17). The maximum absolute atomic E-state index is 12.6. The van der Waals surface area contributed by atoms with Crippen LogP contribution in [0.5, 0.6) is 0 Å². The first kappa shape index (κ1) is 15.5. The average molecular weight is 295 g/mol. The van der Waals surface area contributed by atoms with Crippen LogP contribution in [0.2, 0.25) is 0 Å². The lowest BCUT2D eigenvalue weighted by molar-refractivity contribution is -0.370. The highest BCUT2D eigenvalue weighted by atomic mass is 19.4. The maximum atomic E-state index is 12.6. The Labute approximate surface area is 101 Å². The number of carboxylic acids is 1. The predicted octanol–water partition coefficient (Wildman–Crippen LogP) is 1.19. The third-order valence-electron chi connectivity index (χ3n) is 2.45. The summed E-state index contributed by atoms with van der Waals surface area (Å²) in [5.41, 5.74) is -7.53. The summed E-state index contributed by atoms with van der Waals surface area (Å²) in [6, 6.07) is 0. The fourth-order valence-electron chi connectivity index (χ4n) is 1.55. The molecule has 0 amide bonds. The van der Waals surface area contributed by atoms with Crippen LogP contribution in [0.25, 0.3) is 0 Å². The van der Waals surface area contributed by atoms with E-state index in [1.807, 2.05) is 0 Å². The second-order valence-electron chi connectivity index (χ2n) is 4.09. The molecule has 0 aromatic rings. The smallest absolute Gasteiger partial charge is 0.452 e. The number of nitrogens with one attached hydrogen (secondary N) is 1. The molecule has 110 valence electrons. The monoisotopic (exact) mass is 295 g/mol. The lowest BCUT2D eigenvalue weighted by atomic mass is 9.98. The SMILES string of the molecule is CC1(CC(=O)O)NC(C(F)(F)F)(C(F)(F)F)OC1=O. The van der Waals surface area contributed by atoms with E-state index in [0.717, 1.165) is 5.32 Å². The van der Waals surface area contributed by atoms with E-state index in [0.29, 0.717) is 6.92 Å². The van der Waals surface area contributed by atoms with Crippen LogP contribution < -0.4 is 5.32 Å². The van der Waals surface area contributed by atoms with Crippen molar-refractivity contribution >= 4 is 11.9 Å². The molecule has 0 bridgehead atoms. The van der Waals surface area contributed by atoms with Gasteiger partial charge in [-0.15, -0.1) is 0 Å². The number of cyclic esters (lactones) is 1. The highest BCUT2D eigenvalue weighted by molar-refractivity contribution is 5.88. The van der Waals surface area contributed by atoms with Gasteiger partial charge in [0, 0.05) is 0 Å². The Kier molecular flexibility index (Phi) is 3.26. The number of hydrogen-bond acceptors (Lipinski definition) is 4. The normalized spacial score (nSPS) is 27.2. The van der Waals surface area contributed by atoms with Crippen molar-refractivity contribution in [2.24, 2.45) is 0 Å². The Balaban J connectivity index is 3.28. The van der Waals surface area contributed by atoms with Gasteiger partial charge in [0.2, 0.25) is 0 Å². The van der Waals surface area contributed by atoms with Crippen LogP contribution in [0, 0.1) is 0 Å². The van der Waals surface area contributed by atoms with E-state index in [9.17, 15) is 35.9 Å². The second-order valence-corrected chi connectivity index (χ2v) is 4.09. The lowest BCUT2D eigenvalue weighted by Crippen LogP contribution is -2.67. The number of rotatable bonds is 2. The van der Waals surface area contributed by atoms with E-state index >= 15 is 0 Å². The molecule has 19 heavy (non-hydrogen) atoms. The van der Waals surface area contributed by atoms with E-state index in [2.05, 4.69) is 4.74 Å². The Morgan fingerprint density at radius 2 is 1.68 bits per heavy atom. The Morgan fingerprint density at radius 3 is 1.95 bits per heavy atom. The molecular weight excluding hydrogens is 288 g/mol. The molecule has 1 fully saturated rings. The van der Waals surface area contributed by atoms with Gasteiger partial charge >= 0.3 is 30.0 Å². The average Bonchev–Trinajstić information content (AvgIpc) is 2.36. The van der Waals surface area contributed by atoms with E-state index < -0.39 is 42.0 Å². The molecule has 0 aliphatic carbocycles. The summed E-state index contributed by atoms with van der Waals surface area (Å²) in [5.74, 6) is -3.70. The van der Waals surface area contributed by atoms with Crippen LogP contribution >= 0.6 is 0 Å². The van der Waals surface area contributed by atoms with E-state index in [1.54, 1.807) is 0 Å². The summed E-state index contributed by atoms with van der Waals surface area (Å²) < 4.78 is 78.8. The van der Waals surface area contributed by atoms with Gasteiger partial charge in [0.25, 0.3) is 0 Å². The largest absolute Gasteiger partial charge is 0.481 e. The molecule has 1 atom stereocenters. The molecule has 1 unspecified atom stereocenters. The second kappa shape index (κ2) is 3.99. The summed E-state index contributed by atoms with van der Waals surface area (Å²) in [5, 5.41) is 9.36. The van der Waals surface area contributed by atoms with Gasteiger partial charge < -0.3 is 9.84 Å². The molecule has 2 N–H and O–H groups in total. The van der Waals surface area contributed by atoms with Gasteiger partial charge in [-0.1, -0.05) is 0 Å². The van der Waals surface area contributed by atoms with Gasteiger partial charge in [-0.05, 0) is 6.92 Å². The fourth-order valence-corrected chi connectivity index (χ4v) is 1.55. The molecule has 1 aliphatic rings. The van der Waals surface area contributed by atoms with E-state index in [1.165, 1.54) is 0 Å². The summed E-state index contributed by atoms with van der Waals surface area (Å²) in [4.78, 5) is 21.6. The van der Waals surface area contributed by atoms with Crippen molar-refractivity contribution in [1.29, 1.82) is 0 Å². The molecule has 1 heterocycles. The summed E-state index contributed by atoms with van der Waals surface area (Å²) >= 11 is 0. The number of hydrogen-bond donors (Lipinski definition) is 2. The van der Waals surface area contributed by atoms with Crippen molar-refractivity contribution in [3.05, 3.63) is 0 Å². The van der Waals surface area contributed by atoms with Crippen LogP contribution in [0.4, 0.5) is 26.3 Å². The molecule has 1 rings (SSSR count). The zero-order valence-corrected chi connectivity index (χ0v) is 9.15. The van der Waals surface area contributed by atoms with Gasteiger partial charge in [-0.25, -0.2) is 10.1 Å². The minimum absolute atomic E-state index is 0.586. The predicted molar refractivity (Wildman–Crippen MR) is 44.7 cm³/mol. The molecule has 1 aliphatic heterocycles. The van der Waals surface area contributed by atoms with Gasteiger partial charge in [-0.3, -0.25) is 4.79 Å². The van der Waals surface area contributed by atoms with Gasteiger partial charge in [0.15, 0.2) is 0 Å². The van der Waals surface area contributed by atoms with Crippen LogP contribution in [0.3, 0.4) is 0 Å². The zero-order chi connectivity index (χ0) is 15.3. The summed E-state index contributed by atoms with van der Waals surface area (Å²) in [6.45, 7) is 0.586. The minimum atomic E-state index is -5.99. The molecule has 11 heteroatoms.